The van der Waals surface area contributed by atoms with Crippen LogP contribution < -0.4 is 5.32 Å². The fourth-order valence-corrected chi connectivity index (χ4v) is 3.64. The zero-order chi connectivity index (χ0) is 15.8. The summed E-state index contributed by atoms with van der Waals surface area (Å²) in [4.78, 5) is 34.9. The van der Waals surface area contributed by atoms with Gasteiger partial charge < -0.3 is 10.2 Å². The first kappa shape index (κ1) is 16.1. The maximum absolute atomic E-state index is 12.2. The molecule has 2 fully saturated rings. The molecule has 1 saturated carbocycles. The van der Waals surface area contributed by atoms with Gasteiger partial charge in [0.1, 0.15) is 5.78 Å². The average molecular weight is 297 g/mol. The highest BCUT2D eigenvalue weighted by Crippen LogP contribution is 2.37. The molecule has 1 aliphatic heterocycles. The Morgan fingerprint density at radius 1 is 1.24 bits per heavy atom. The molecule has 1 aliphatic carbocycles. The lowest BCUT2D eigenvalue weighted by atomic mass is 9.69. The van der Waals surface area contributed by atoms with Gasteiger partial charge in [-0.1, -0.05) is 6.92 Å². The summed E-state index contributed by atoms with van der Waals surface area (Å²) < 4.78 is 0. The van der Waals surface area contributed by atoms with Crippen molar-refractivity contribution in [3.63, 3.8) is 0 Å². The van der Waals surface area contributed by atoms with Crippen LogP contribution in [0.4, 0.5) is 0 Å². The van der Waals surface area contributed by atoms with Crippen LogP contribution >= 0.6 is 0 Å². The normalized spacial score (nSPS) is 36.5. The van der Waals surface area contributed by atoms with Crippen LogP contribution in [-0.2, 0) is 14.4 Å². The van der Waals surface area contributed by atoms with Crippen molar-refractivity contribution in [2.75, 3.05) is 0 Å². The van der Waals surface area contributed by atoms with Crippen LogP contribution in [0.15, 0.2) is 0 Å². The van der Waals surface area contributed by atoms with Crippen LogP contribution in [0.1, 0.15) is 46.0 Å². The number of carbonyl (C=O) groups excluding carboxylic acids is 3. The van der Waals surface area contributed by atoms with E-state index in [0.717, 1.165) is 0 Å². The topological polar surface area (TPSA) is 104 Å². The third-order valence-electron chi connectivity index (χ3n) is 4.52. The molecule has 118 valence electrons. The van der Waals surface area contributed by atoms with Gasteiger partial charge in [0.2, 0.25) is 11.8 Å². The molecule has 0 aromatic carbocycles. The van der Waals surface area contributed by atoms with Crippen molar-refractivity contribution in [2.45, 2.75) is 57.7 Å². The molecular weight excluding hydrogens is 274 g/mol. The van der Waals surface area contributed by atoms with Gasteiger partial charge in [-0.15, -0.1) is 0 Å². The molecule has 6 nitrogen and oxygen atoms in total. The third kappa shape index (κ3) is 3.89. The Labute approximate surface area is 123 Å². The van der Waals surface area contributed by atoms with Crippen LogP contribution in [0.2, 0.25) is 0 Å². The number of hydrogen-bond donors (Lipinski definition) is 3. The lowest BCUT2D eigenvalue weighted by molar-refractivity contribution is -0.143. The molecule has 2 amide bonds. The summed E-state index contributed by atoms with van der Waals surface area (Å²) in [5.74, 6) is -1.86. The van der Waals surface area contributed by atoms with E-state index in [0.29, 0.717) is 6.42 Å². The van der Waals surface area contributed by atoms with E-state index in [4.69, 9.17) is 0 Å². The molecule has 0 aromatic heterocycles. The van der Waals surface area contributed by atoms with E-state index >= 15 is 0 Å². The van der Waals surface area contributed by atoms with Gasteiger partial charge in [-0.3, -0.25) is 19.7 Å². The first-order valence-electron chi connectivity index (χ1n) is 7.45. The number of piperidine rings is 1. The van der Waals surface area contributed by atoms with Crippen molar-refractivity contribution in [2.24, 2.45) is 17.8 Å². The molecule has 2 aliphatic rings. The van der Waals surface area contributed by atoms with Gasteiger partial charge in [-0.05, 0) is 32.1 Å². The Morgan fingerprint density at radius 3 is 2.38 bits per heavy atom. The summed E-state index contributed by atoms with van der Waals surface area (Å²) in [7, 11) is 0. The van der Waals surface area contributed by atoms with Crippen LogP contribution in [0.5, 0.6) is 0 Å². The van der Waals surface area contributed by atoms with Gasteiger partial charge >= 0.3 is 0 Å². The molecular formula is C15H23NO5. The Kier molecular flexibility index (Phi) is 4.49. The van der Waals surface area contributed by atoms with Crippen molar-refractivity contribution in [1.82, 2.24) is 5.32 Å². The van der Waals surface area contributed by atoms with Gasteiger partial charge in [0, 0.05) is 24.7 Å². The van der Waals surface area contributed by atoms with E-state index in [9.17, 15) is 24.6 Å². The van der Waals surface area contributed by atoms with Crippen molar-refractivity contribution < 1.29 is 24.6 Å². The van der Waals surface area contributed by atoms with Gasteiger partial charge in [0.15, 0.2) is 0 Å². The first-order chi connectivity index (χ1) is 9.68. The van der Waals surface area contributed by atoms with E-state index in [-0.39, 0.29) is 55.1 Å². The molecule has 21 heavy (non-hydrogen) atoms. The van der Waals surface area contributed by atoms with Crippen LogP contribution in [-0.4, -0.2) is 39.5 Å². The van der Waals surface area contributed by atoms with Gasteiger partial charge in [0.05, 0.1) is 11.7 Å². The highest BCUT2D eigenvalue weighted by Gasteiger charge is 2.43. The molecule has 2 rings (SSSR count). The minimum Gasteiger partial charge on any atom is -0.392 e. The summed E-state index contributed by atoms with van der Waals surface area (Å²) >= 11 is 0. The van der Waals surface area contributed by atoms with E-state index in [2.05, 4.69) is 5.32 Å². The number of ketones is 1. The average Bonchev–Trinajstić information content (AvgIpc) is 2.31. The number of rotatable bonds is 3. The largest absolute Gasteiger partial charge is 0.392 e. The Bertz CT molecular complexity index is 443. The van der Waals surface area contributed by atoms with Crippen molar-refractivity contribution in [1.29, 1.82) is 0 Å². The smallest absolute Gasteiger partial charge is 0.226 e. The minimum atomic E-state index is -0.960. The summed E-state index contributed by atoms with van der Waals surface area (Å²) in [5.41, 5.74) is -0.960. The summed E-state index contributed by atoms with van der Waals surface area (Å²) in [6.07, 6.45) is 0.322. The lowest BCUT2D eigenvalue weighted by Gasteiger charge is -2.39. The molecule has 3 N–H and O–H groups in total. The lowest BCUT2D eigenvalue weighted by Crippen LogP contribution is -2.47. The number of amides is 2. The number of nitrogens with one attached hydrogen (secondary N) is 1. The number of aliphatic hydroxyl groups is 2. The predicted octanol–water partition coefficient (Wildman–Crippen LogP) is 0.156. The first-order valence-corrected chi connectivity index (χ1v) is 7.45. The second-order valence-corrected chi connectivity index (χ2v) is 6.86. The maximum Gasteiger partial charge on any atom is 0.226 e. The molecule has 0 spiro atoms. The molecule has 0 aromatic rings. The van der Waals surface area contributed by atoms with E-state index < -0.39 is 17.6 Å². The number of carbonyl (C=O) groups is 3. The Morgan fingerprint density at radius 2 is 1.81 bits per heavy atom. The second-order valence-electron chi connectivity index (χ2n) is 6.86. The van der Waals surface area contributed by atoms with Crippen molar-refractivity contribution in [3.05, 3.63) is 0 Å². The van der Waals surface area contributed by atoms with Crippen LogP contribution in [0.25, 0.3) is 0 Å². The number of hydrogen-bond acceptors (Lipinski definition) is 5. The quantitative estimate of drug-likeness (QED) is 0.644. The molecule has 4 atom stereocenters. The van der Waals surface area contributed by atoms with Gasteiger partial charge in [0.25, 0.3) is 0 Å². The number of aliphatic hydroxyl groups excluding tert-OH is 1. The van der Waals surface area contributed by atoms with Gasteiger partial charge in [-0.2, -0.15) is 0 Å². The Hall–Kier alpha value is -1.27. The Balaban J connectivity index is 2.01. The molecule has 0 radical (unpaired) electrons. The highest BCUT2D eigenvalue weighted by molar-refractivity contribution is 5.97. The van der Waals surface area contributed by atoms with E-state index in [1.54, 1.807) is 13.8 Å². The van der Waals surface area contributed by atoms with Crippen LogP contribution in [0, 0.1) is 17.8 Å². The molecule has 1 heterocycles. The second kappa shape index (κ2) is 5.85. The molecule has 0 unspecified atom stereocenters. The molecule has 1 saturated heterocycles. The summed E-state index contributed by atoms with van der Waals surface area (Å²) in [6.45, 7) is 3.43. The number of Topliss-reactive ketones (excluding diaryl/α,β-unsaturated/α-hetero) is 1. The molecule has 6 heteroatoms. The third-order valence-corrected chi connectivity index (χ3v) is 4.52. The highest BCUT2D eigenvalue weighted by atomic mass is 16.3. The van der Waals surface area contributed by atoms with Crippen molar-refractivity contribution >= 4 is 17.6 Å². The van der Waals surface area contributed by atoms with Crippen molar-refractivity contribution in [3.8, 4) is 0 Å². The maximum atomic E-state index is 12.2. The molecule has 0 bridgehead atoms. The summed E-state index contributed by atoms with van der Waals surface area (Å²) in [5, 5.41) is 22.8. The summed E-state index contributed by atoms with van der Waals surface area (Å²) in [6, 6.07) is 0. The fourth-order valence-electron chi connectivity index (χ4n) is 3.64. The van der Waals surface area contributed by atoms with E-state index in [1.165, 1.54) is 0 Å². The predicted molar refractivity (Wildman–Crippen MR) is 74.0 cm³/mol. The fraction of sp³-hybridized carbons (Fsp3) is 0.800. The number of imide groups is 1. The standard InChI is InChI=1S/C15H23NO5/c1-8-6-15(2,21)7-10(14(8)20)11(17)3-9-4-12(18)16-13(19)5-9/h8-11,17,21H,3-7H2,1-2H3,(H,16,18,19)/t8-,10-,11-,15-/m1/s1. The zero-order valence-electron chi connectivity index (χ0n) is 12.5. The van der Waals surface area contributed by atoms with Gasteiger partial charge in [-0.25, -0.2) is 0 Å². The zero-order valence-corrected chi connectivity index (χ0v) is 12.5. The minimum absolute atomic E-state index is 0.0411. The van der Waals surface area contributed by atoms with Crippen LogP contribution in [0.3, 0.4) is 0 Å². The monoisotopic (exact) mass is 297 g/mol. The van der Waals surface area contributed by atoms with E-state index in [1.807, 2.05) is 0 Å². The SMILES string of the molecule is C[C@@H]1C[C@@](C)(O)C[C@H]([C@H](O)CC2CC(=O)NC(=O)C2)C1=O.